The lowest BCUT2D eigenvalue weighted by molar-refractivity contribution is -0.300. The van der Waals surface area contributed by atoms with Gasteiger partial charge in [0.25, 0.3) is 0 Å². The molecule has 0 radical (unpaired) electrons. The molecule has 0 amide bonds. The van der Waals surface area contributed by atoms with Gasteiger partial charge in [-0.25, -0.2) is 9.67 Å². The monoisotopic (exact) mass is 594 g/mol. The van der Waals surface area contributed by atoms with Gasteiger partial charge in [0.1, 0.15) is 12.2 Å². The average molecular weight is 594 g/mol. The molecule has 4 aliphatic carbocycles. The summed E-state index contributed by atoms with van der Waals surface area (Å²) in [4.78, 5) is 19.8. The molecule has 3 saturated carbocycles. The standard InChI is InChI=1S/C27H23F5N4O6/c1-13(16-8-18-19(9-34-16)42-27(31,32)41-18)39-20-7-14(5-6-33-20)36-21-15(22(35-36)26(28,29)30)3-2-4-17(21)40-25-10-24(11-25,12-25)23(37)38/h5-9,13,17H,2-4,10-12H2,1H3,(H,37,38)/t13-,17?,24?,25?/m1/s1. The van der Waals surface area contributed by atoms with Crippen LogP contribution in [0.5, 0.6) is 17.4 Å². The quantitative estimate of drug-likeness (QED) is 0.352. The van der Waals surface area contributed by atoms with Crippen molar-refractivity contribution in [2.24, 2.45) is 5.41 Å². The molecule has 42 heavy (non-hydrogen) atoms. The van der Waals surface area contributed by atoms with Gasteiger partial charge in [-0.15, -0.1) is 8.78 Å². The summed E-state index contributed by atoms with van der Waals surface area (Å²) in [6.45, 7) is 1.59. The molecule has 2 atom stereocenters. The second-order valence-electron chi connectivity index (χ2n) is 11.3. The van der Waals surface area contributed by atoms with Crippen LogP contribution in [0, 0.1) is 5.41 Å². The highest BCUT2D eigenvalue weighted by atomic mass is 19.4. The van der Waals surface area contributed by atoms with E-state index < -0.39 is 47.4 Å². The number of hydrogen-bond donors (Lipinski definition) is 1. The average Bonchev–Trinajstić information content (AvgIpc) is 3.41. The smallest absolute Gasteiger partial charge is 0.481 e. The van der Waals surface area contributed by atoms with E-state index in [0.717, 1.165) is 6.20 Å². The predicted octanol–water partition coefficient (Wildman–Crippen LogP) is 5.54. The molecule has 10 nitrogen and oxygen atoms in total. The lowest BCUT2D eigenvalue weighted by Gasteiger charge is -2.67. The lowest BCUT2D eigenvalue weighted by atomic mass is 9.41. The number of nitrogens with zero attached hydrogens (tertiary/aromatic N) is 4. The summed E-state index contributed by atoms with van der Waals surface area (Å²) in [6.07, 6.45) is -5.53. The van der Waals surface area contributed by atoms with Gasteiger partial charge in [-0.05, 0) is 51.5 Å². The van der Waals surface area contributed by atoms with Gasteiger partial charge >= 0.3 is 18.4 Å². The Labute approximate surface area is 234 Å². The summed E-state index contributed by atoms with van der Waals surface area (Å²) in [6, 6.07) is 4.14. The minimum Gasteiger partial charge on any atom is -0.481 e. The van der Waals surface area contributed by atoms with Gasteiger partial charge in [0, 0.05) is 23.9 Å². The molecule has 1 N–H and O–H groups in total. The summed E-state index contributed by atoms with van der Waals surface area (Å²) in [5.74, 6) is -1.30. The predicted molar refractivity (Wildman–Crippen MR) is 129 cm³/mol. The molecule has 0 aromatic carbocycles. The van der Waals surface area contributed by atoms with Crippen molar-refractivity contribution < 1.29 is 50.8 Å². The second kappa shape index (κ2) is 8.75. The number of carbonyl (C=O) groups is 1. The van der Waals surface area contributed by atoms with Crippen molar-refractivity contribution in [1.29, 1.82) is 0 Å². The van der Waals surface area contributed by atoms with Crippen molar-refractivity contribution in [2.75, 3.05) is 0 Å². The summed E-state index contributed by atoms with van der Waals surface area (Å²) >= 11 is 0. The summed E-state index contributed by atoms with van der Waals surface area (Å²) in [7, 11) is 0. The highest BCUT2D eigenvalue weighted by molar-refractivity contribution is 5.79. The molecule has 222 valence electrons. The van der Waals surface area contributed by atoms with Gasteiger partial charge in [0.05, 0.1) is 34.3 Å². The van der Waals surface area contributed by atoms with Crippen LogP contribution in [0.15, 0.2) is 30.6 Å². The number of carboxylic acids is 1. The van der Waals surface area contributed by atoms with Crippen LogP contribution in [-0.2, 0) is 22.1 Å². The van der Waals surface area contributed by atoms with E-state index in [1.165, 1.54) is 29.1 Å². The van der Waals surface area contributed by atoms with E-state index in [-0.39, 0.29) is 46.4 Å². The van der Waals surface area contributed by atoms with Gasteiger partial charge in [0.15, 0.2) is 17.2 Å². The van der Waals surface area contributed by atoms with Crippen LogP contribution in [0.2, 0.25) is 0 Å². The zero-order valence-electron chi connectivity index (χ0n) is 22.0. The first kappa shape index (κ1) is 26.9. The van der Waals surface area contributed by atoms with E-state index in [4.69, 9.17) is 9.47 Å². The van der Waals surface area contributed by atoms with Gasteiger partial charge in [-0.3, -0.25) is 9.78 Å². The molecular weight excluding hydrogens is 571 g/mol. The first-order chi connectivity index (χ1) is 19.8. The molecule has 3 fully saturated rings. The van der Waals surface area contributed by atoms with E-state index in [1.54, 1.807) is 6.92 Å². The molecule has 0 spiro atoms. The molecule has 3 aromatic rings. The zero-order valence-corrected chi connectivity index (χ0v) is 22.0. The highest BCUT2D eigenvalue weighted by Crippen LogP contribution is 2.70. The molecule has 0 saturated heterocycles. The largest absolute Gasteiger partial charge is 0.586 e. The number of fused-ring (bicyclic) bond motifs is 2. The van der Waals surface area contributed by atoms with Gasteiger partial charge in [-0.1, -0.05) is 0 Å². The number of halogens is 5. The Bertz CT molecular complexity index is 1590. The van der Waals surface area contributed by atoms with Crippen molar-refractivity contribution in [2.45, 2.75) is 75.7 Å². The van der Waals surface area contributed by atoms with E-state index in [2.05, 4.69) is 24.5 Å². The van der Waals surface area contributed by atoms with Crippen LogP contribution >= 0.6 is 0 Å². The van der Waals surface area contributed by atoms with Gasteiger partial charge in [0.2, 0.25) is 5.88 Å². The SMILES string of the molecule is C[C@@H](Oc1cc(-n2nc(C(F)(F)F)c3c2C(OC24CC(C(=O)O)(C2)C4)CCC3)ccn1)c1cc2c(cn1)OC(F)(F)O2. The number of ether oxygens (including phenoxy) is 4. The fourth-order valence-corrected chi connectivity index (χ4v) is 6.46. The Morgan fingerprint density at radius 2 is 1.90 bits per heavy atom. The Hall–Kier alpha value is -4.01. The molecule has 3 aromatic heterocycles. The van der Waals surface area contributed by atoms with E-state index in [1.807, 2.05) is 0 Å². The first-order valence-electron chi connectivity index (χ1n) is 13.3. The van der Waals surface area contributed by atoms with Crippen molar-refractivity contribution in [3.63, 3.8) is 0 Å². The molecular formula is C27H23F5N4O6. The number of hydrogen-bond acceptors (Lipinski definition) is 8. The Morgan fingerprint density at radius 1 is 1.17 bits per heavy atom. The van der Waals surface area contributed by atoms with Crippen LogP contribution in [0.1, 0.15) is 73.9 Å². The van der Waals surface area contributed by atoms with Crippen molar-refractivity contribution in [1.82, 2.24) is 19.7 Å². The topological polar surface area (TPSA) is 118 Å². The zero-order chi connectivity index (χ0) is 29.7. The normalized spacial score (nSPS) is 27.4. The third kappa shape index (κ3) is 4.24. The number of rotatable bonds is 7. The third-order valence-corrected chi connectivity index (χ3v) is 8.30. The molecule has 2 bridgehead atoms. The number of aliphatic carboxylic acids is 1. The fraction of sp³-hybridized carbons (Fsp3) is 0.481. The van der Waals surface area contributed by atoms with Gasteiger partial charge < -0.3 is 24.1 Å². The van der Waals surface area contributed by atoms with E-state index in [0.29, 0.717) is 32.1 Å². The van der Waals surface area contributed by atoms with Crippen LogP contribution in [-0.4, -0.2) is 42.7 Å². The molecule has 1 aliphatic heterocycles. The Morgan fingerprint density at radius 3 is 2.62 bits per heavy atom. The molecule has 1 unspecified atom stereocenters. The van der Waals surface area contributed by atoms with Crippen molar-refractivity contribution in [3.8, 4) is 23.1 Å². The summed E-state index contributed by atoms with van der Waals surface area (Å²) < 4.78 is 91.2. The lowest BCUT2D eigenvalue weighted by Crippen LogP contribution is -2.71. The number of aromatic nitrogens is 4. The summed E-state index contributed by atoms with van der Waals surface area (Å²) in [5.41, 5.74) is -1.67. The molecule has 5 aliphatic rings. The first-order valence-corrected chi connectivity index (χ1v) is 13.3. The van der Waals surface area contributed by atoms with E-state index in [9.17, 15) is 31.9 Å². The second-order valence-corrected chi connectivity index (χ2v) is 11.3. The maximum atomic E-state index is 14.1. The Balaban J connectivity index is 1.18. The van der Waals surface area contributed by atoms with E-state index >= 15 is 0 Å². The molecule has 8 rings (SSSR count). The van der Waals surface area contributed by atoms with Crippen molar-refractivity contribution in [3.05, 3.63) is 53.2 Å². The van der Waals surface area contributed by atoms with Crippen LogP contribution in [0.25, 0.3) is 5.69 Å². The van der Waals surface area contributed by atoms with Gasteiger partial charge in [-0.2, -0.15) is 18.3 Å². The van der Waals surface area contributed by atoms with Crippen LogP contribution in [0.4, 0.5) is 22.0 Å². The number of carboxylic acid groups (broad SMARTS) is 1. The fourth-order valence-electron chi connectivity index (χ4n) is 6.46. The minimum absolute atomic E-state index is 0.0266. The molecule has 4 heterocycles. The number of pyridine rings is 2. The third-order valence-electron chi connectivity index (χ3n) is 8.30. The Kier molecular flexibility index (Phi) is 5.60. The summed E-state index contributed by atoms with van der Waals surface area (Å²) in [5, 5.41) is 13.4. The maximum absolute atomic E-state index is 14.1. The molecule has 15 heteroatoms. The highest BCUT2D eigenvalue weighted by Gasteiger charge is 2.73. The van der Waals surface area contributed by atoms with Crippen molar-refractivity contribution >= 4 is 5.97 Å². The number of alkyl halides is 5. The van der Waals surface area contributed by atoms with Crippen LogP contribution < -0.4 is 14.2 Å². The minimum atomic E-state index is -4.70. The maximum Gasteiger partial charge on any atom is 0.586 e. The van der Waals surface area contributed by atoms with Crippen LogP contribution in [0.3, 0.4) is 0 Å².